The second-order valence-electron chi connectivity index (χ2n) is 6.43. The Morgan fingerprint density at radius 2 is 1.62 bits per heavy atom. The Hall–Kier alpha value is -3.55. The van der Waals surface area contributed by atoms with Crippen molar-refractivity contribution in [3.05, 3.63) is 94.0 Å². The molecule has 0 spiro atoms. The predicted octanol–water partition coefficient (Wildman–Crippen LogP) is 5.38. The summed E-state index contributed by atoms with van der Waals surface area (Å²) in [5.74, 6) is -0.0407. The molecule has 0 aliphatic carbocycles. The highest BCUT2D eigenvalue weighted by molar-refractivity contribution is 6.34. The zero-order chi connectivity index (χ0) is 22.9. The molecule has 9 heteroatoms. The van der Waals surface area contributed by atoms with Gasteiger partial charge in [0.25, 0.3) is 5.91 Å². The first-order valence-corrected chi connectivity index (χ1v) is 10.2. The van der Waals surface area contributed by atoms with Crippen LogP contribution < -0.4 is 15.4 Å². The normalized spacial score (nSPS) is 10.9. The quantitative estimate of drug-likeness (QED) is 0.357. The standard InChI is InChI=1S/C23H19Cl2N3O4/c1-31-28-21(15-6-8-16(24)9-7-15)14-32-18-12-10-17(11-13-18)26-23(30)27-22(29)19-4-2-3-5-20(19)25/h2-13H,14H2,1H3,(H2,26,27,29,30)/b28-21+. The summed E-state index contributed by atoms with van der Waals surface area (Å²) in [6, 6.07) is 19.6. The van der Waals surface area contributed by atoms with Gasteiger partial charge in [0.05, 0.1) is 10.6 Å². The fourth-order valence-electron chi connectivity index (χ4n) is 2.68. The van der Waals surface area contributed by atoms with E-state index in [0.717, 1.165) is 5.56 Å². The summed E-state index contributed by atoms with van der Waals surface area (Å²) < 4.78 is 5.76. The number of anilines is 1. The van der Waals surface area contributed by atoms with Crippen LogP contribution in [-0.4, -0.2) is 31.4 Å². The van der Waals surface area contributed by atoms with Crippen LogP contribution in [0.5, 0.6) is 5.75 Å². The number of hydrogen-bond acceptors (Lipinski definition) is 5. The molecule has 0 heterocycles. The Labute approximate surface area is 194 Å². The first kappa shape index (κ1) is 23.1. The average molecular weight is 472 g/mol. The van der Waals surface area contributed by atoms with Crippen molar-refractivity contribution in [1.82, 2.24) is 5.32 Å². The van der Waals surface area contributed by atoms with E-state index in [0.29, 0.717) is 22.2 Å². The number of rotatable bonds is 7. The van der Waals surface area contributed by atoms with Crippen LogP contribution in [-0.2, 0) is 4.84 Å². The van der Waals surface area contributed by atoms with Gasteiger partial charge in [0.2, 0.25) is 0 Å². The highest BCUT2D eigenvalue weighted by atomic mass is 35.5. The summed E-state index contributed by atoms with van der Waals surface area (Å²) in [7, 11) is 1.46. The van der Waals surface area contributed by atoms with Gasteiger partial charge in [0.15, 0.2) is 0 Å². The summed E-state index contributed by atoms with van der Waals surface area (Å²) in [6.45, 7) is 0.162. The van der Waals surface area contributed by atoms with Gasteiger partial charge in [-0.2, -0.15) is 0 Å². The van der Waals surface area contributed by atoms with Gasteiger partial charge in [0.1, 0.15) is 25.2 Å². The number of halogens is 2. The molecule has 0 unspecified atom stereocenters. The van der Waals surface area contributed by atoms with E-state index in [-0.39, 0.29) is 17.2 Å². The molecule has 164 valence electrons. The Kier molecular flexibility index (Phi) is 8.08. The minimum Gasteiger partial charge on any atom is -0.487 e. The Morgan fingerprint density at radius 3 is 2.28 bits per heavy atom. The number of carbonyl (C=O) groups excluding carboxylic acids is 2. The highest BCUT2D eigenvalue weighted by Crippen LogP contribution is 2.18. The number of oxime groups is 1. The summed E-state index contributed by atoms with van der Waals surface area (Å²) in [6.07, 6.45) is 0. The van der Waals surface area contributed by atoms with Crippen LogP contribution in [0.2, 0.25) is 10.0 Å². The minimum atomic E-state index is -0.680. The third-order valence-electron chi connectivity index (χ3n) is 4.21. The number of imide groups is 1. The van der Waals surface area contributed by atoms with Crippen LogP contribution in [0.15, 0.2) is 78.0 Å². The molecule has 0 aliphatic heterocycles. The molecule has 0 radical (unpaired) electrons. The largest absolute Gasteiger partial charge is 0.487 e. The van der Waals surface area contributed by atoms with Crippen LogP contribution in [0.4, 0.5) is 10.5 Å². The molecule has 32 heavy (non-hydrogen) atoms. The molecule has 0 atom stereocenters. The molecule has 3 rings (SSSR count). The van der Waals surface area contributed by atoms with Crippen molar-refractivity contribution in [3.63, 3.8) is 0 Å². The number of nitrogens with one attached hydrogen (secondary N) is 2. The van der Waals surface area contributed by atoms with Crippen molar-refractivity contribution >= 4 is 46.5 Å². The van der Waals surface area contributed by atoms with Gasteiger partial charge < -0.3 is 14.9 Å². The first-order valence-electron chi connectivity index (χ1n) is 9.42. The molecule has 0 aromatic heterocycles. The average Bonchev–Trinajstić information content (AvgIpc) is 2.78. The van der Waals surface area contributed by atoms with Crippen LogP contribution >= 0.6 is 23.2 Å². The summed E-state index contributed by atoms with van der Waals surface area (Å²) in [4.78, 5) is 29.2. The second kappa shape index (κ2) is 11.2. The molecule has 0 fully saturated rings. The van der Waals surface area contributed by atoms with Crippen molar-refractivity contribution < 1.29 is 19.2 Å². The summed E-state index contributed by atoms with van der Waals surface area (Å²) in [5.41, 5.74) is 2.09. The van der Waals surface area contributed by atoms with Crippen molar-refractivity contribution in [2.45, 2.75) is 0 Å². The van der Waals surface area contributed by atoms with Crippen molar-refractivity contribution in [3.8, 4) is 5.75 Å². The molecule has 3 aromatic rings. The van der Waals surface area contributed by atoms with E-state index < -0.39 is 11.9 Å². The zero-order valence-corrected chi connectivity index (χ0v) is 18.5. The number of carbonyl (C=O) groups is 2. The van der Waals surface area contributed by atoms with E-state index in [1.54, 1.807) is 54.6 Å². The van der Waals surface area contributed by atoms with Gasteiger partial charge in [-0.05, 0) is 48.5 Å². The van der Waals surface area contributed by atoms with E-state index in [1.165, 1.54) is 13.2 Å². The fraction of sp³-hybridized carbons (Fsp3) is 0.0870. The van der Waals surface area contributed by atoms with Gasteiger partial charge in [-0.15, -0.1) is 0 Å². The van der Waals surface area contributed by atoms with Gasteiger partial charge >= 0.3 is 6.03 Å². The number of ether oxygens (including phenoxy) is 1. The Bertz CT molecular complexity index is 1120. The molecular weight excluding hydrogens is 453 g/mol. The highest BCUT2D eigenvalue weighted by Gasteiger charge is 2.13. The zero-order valence-electron chi connectivity index (χ0n) is 17.0. The molecule has 0 bridgehead atoms. The third kappa shape index (κ3) is 6.47. The number of hydrogen-bond donors (Lipinski definition) is 2. The predicted molar refractivity (Wildman–Crippen MR) is 125 cm³/mol. The van der Waals surface area contributed by atoms with Gasteiger partial charge in [-0.3, -0.25) is 10.1 Å². The van der Waals surface area contributed by atoms with Crippen molar-refractivity contribution in [1.29, 1.82) is 0 Å². The van der Waals surface area contributed by atoms with Crippen LogP contribution in [0.3, 0.4) is 0 Å². The molecule has 3 amide bonds. The van der Waals surface area contributed by atoms with Crippen LogP contribution in [0.1, 0.15) is 15.9 Å². The maximum atomic E-state index is 12.2. The van der Waals surface area contributed by atoms with E-state index >= 15 is 0 Å². The van der Waals surface area contributed by atoms with Crippen molar-refractivity contribution in [2.75, 3.05) is 19.0 Å². The number of urea groups is 1. The van der Waals surface area contributed by atoms with Crippen molar-refractivity contribution in [2.24, 2.45) is 5.16 Å². The maximum absolute atomic E-state index is 12.2. The molecule has 2 N–H and O–H groups in total. The van der Waals surface area contributed by atoms with Gasteiger partial charge in [-0.25, -0.2) is 4.79 Å². The minimum absolute atomic E-state index is 0.162. The lowest BCUT2D eigenvalue weighted by Gasteiger charge is -2.11. The van der Waals surface area contributed by atoms with E-state index in [1.807, 2.05) is 12.1 Å². The fourth-order valence-corrected chi connectivity index (χ4v) is 3.03. The smallest absolute Gasteiger partial charge is 0.326 e. The summed E-state index contributed by atoms with van der Waals surface area (Å²) in [5, 5.41) is 9.69. The molecule has 3 aromatic carbocycles. The molecule has 0 saturated carbocycles. The maximum Gasteiger partial charge on any atom is 0.326 e. The number of amides is 3. The molecule has 0 aliphatic rings. The molecule has 7 nitrogen and oxygen atoms in total. The number of nitrogens with zero attached hydrogens (tertiary/aromatic N) is 1. The van der Waals surface area contributed by atoms with Gasteiger partial charge in [0, 0.05) is 16.3 Å². The Morgan fingerprint density at radius 1 is 0.938 bits per heavy atom. The summed E-state index contributed by atoms with van der Waals surface area (Å²) >= 11 is 11.9. The lowest BCUT2D eigenvalue weighted by molar-refractivity contribution is 0.0967. The monoisotopic (exact) mass is 471 g/mol. The molecular formula is C23H19Cl2N3O4. The van der Waals surface area contributed by atoms with Crippen LogP contribution in [0, 0.1) is 0 Å². The van der Waals surface area contributed by atoms with E-state index in [9.17, 15) is 9.59 Å². The lowest BCUT2D eigenvalue weighted by Crippen LogP contribution is -2.34. The van der Waals surface area contributed by atoms with Crippen LogP contribution in [0.25, 0.3) is 0 Å². The third-order valence-corrected chi connectivity index (χ3v) is 4.79. The Balaban J connectivity index is 1.55. The first-order chi connectivity index (χ1) is 15.5. The van der Waals surface area contributed by atoms with E-state index in [4.69, 9.17) is 32.8 Å². The topological polar surface area (TPSA) is 89.0 Å². The van der Waals surface area contributed by atoms with Gasteiger partial charge in [-0.1, -0.05) is 52.6 Å². The lowest BCUT2D eigenvalue weighted by atomic mass is 10.1. The molecule has 0 saturated heterocycles. The SMILES string of the molecule is CO/N=C(\COc1ccc(NC(=O)NC(=O)c2ccccc2Cl)cc1)c1ccc(Cl)cc1. The number of benzene rings is 3. The second-order valence-corrected chi connectivity index (χ2v) is 7.27. The van der Waals surface area contributed by atoms with E-state index in [2.05, 4.69) is 15.8 Å².